The minimum absolute atomic E-state index is 0.0331. The summed E-state index contributed by atoms with van der Waals surface area (Å²) in [7, 11) is 0. The molecule has 3 amide bonds. The zero-order chi connectivity index (χ0) is 26.0. The Balaban J connectivity index is 1.49. The number of urea groups is 1. The van der Waals surface area contributed by atoms with E-state index in [2.05, 4.69) is 10.2 Å². The summed E-state index contributed by atoms with van der Waals surface area (Å²) in [5, 5.41) is 3.02. The molecule has 0 bridgehead atoms. The monoisotopic (exact) mass is 504 g/mol. The summed E-state index contributed by atoms with van der Waals surface area (Å²) in [6.45, 7) is 8.82. The van der Waals surface area contributed by atoms with Crippen LogP contribution in [0.2, 0.25) is 0 Å². The second-order valence-corrected chi connectivity index (χ2v) is 9.44. The number of hydrogen-bond acceptors (Lipinski definition) is 5. The highest BCUT2D eigenvalue weighted by Crippen LogP contribution is 2.17. The van der Waals surface area contributed by atoms with Crippen LogP contribution in [0.5, 0.6) is 0 Å². The molecule has 3 aromatic rings. The van der Waals surface area contributed by atoms with Crippen molar-refractivity contribution in [1.29, 1.82) is 0 Å². The van der Waals surface area contributed by atoms with Gasteiger partial charge in [0.25, 0.3) is 0 Å². The molecule has 1 aliphatic rings. The van der Waals surface area contributed by atoms with E-state index in [0.29, 0.717) is 45.2 Å². The van der Waals surface area contributed by atoms with E-state index in [4.69, 9.17) is 9.15 Å². The summed E-state index contributed by atoms with van der Waals surface area (Å²) in [5.74, 6) is 0.557. The molecule has 8 heteroatoms. The van der Waals surface area contributed by atoms with Gasteiger partial charge in [0.2, 0.25) is 5.91 Å². The number of ether oxygens (including phenoxy) is 1. The number of nitrogens with zero attached hydrogens (tertiary/aromatic N) is 3. The molecule has 196 valence electrons. The lowest BCUT2D eigenvalue weighted by Gasteiger charge is -2.31. The van der Waals surface area contributed by atoms with E-state index in [1.165, 1.54) is 0 Å². The predicted molar refractivity (Wildman–Crippen MR) is 143 cm³/mol. The molecule has 0 radical (unpaired) electrons. The Morgan fingerprint density at radius 3 is 2.43 bits per heavy atom. The number of hydrogen-bond donors (Lipinski definition) is 1. The number of aryl methyl sites for hydroxylation is 2. The molecule has 0 saturated carbocycles. The van der Waals surface area contributed by atoms with Gasteiger partial charge >= 0.3 is 6.03 Å². The Kier molecular flexibility index (Phi) is 9.35. The fourth-order valence-electron chi connectivity index (χ4n) is 4.38. The van der Waals surface area contributed by atoms with Gasteiger partial charge in [0.15, 0.2) is 0 Å². The normalized spacial score (nSPS) is 13.8. The van der Waals surface area contributed by atoms with Crippen LogP contribution in [-0.2, 0) is 22.6 Å². The SMILES string of the molecule is Cc1ccc(NC(=O)N(CCN2CCOCC2)CC(=O)N(Cc2ccccc2)Cc2ccco2)c(C)c1. The third-order valence-corrected chi connectivity index (χ3v) is 6.52. The lowest BCUT2D eigenvalue weighted by Crippen LogP contribution is -2.48. The maximum Gasteiger partial charge on any atom is 0.322 e. The third kappa shape index (κ3) is 7.93. The zero-order valence-corrected chi connectivity index (χ0v) is 21.7. The average molecular weight is 505 g/mol. The van der Waals surface area contributed by atoms with Crippen molar-refractivity contribution >= 4 is 17.6 Å². The highest BCUT2D eigenvalue weighted by molar-refractivity contribution is 5.93. The molecular formula is C29H36N4O4. The van der Waals surface area contributed by atoms with Gasteiger partial charge in [-0.15, -0.1) is 0 Å². The largest absolute Gasteiger partial charge is 0.467 e. The van der Waals surface area contributed by atoms with E-state index in [1.54, 1.807) is 16.1 Å². The van der Waals surface area contributed by atoms with Crippen molar-refractivity contribution in [1.82, 2.24) is 14.7 Å². The molecule has 0 unspecified atom stereocenters. The Morgan fingerprint density at radius 2 is 1.73 bits per heavy atom. The van der Waals surface area contributed by atoms with Crippen molar-refractivity contribution in [3.05, 3.63) is 89.4 Å². The van der Waals surface area contributed by atoms with Crippen LogP contribution >= 0.6 is 0 Å². The molecule has 8 nitrogen and oxygen atoms in total. The minimum Gasteiger partial charge on any atom is -0.467 e. The van der Waals surface area contributed by atoms with Gasteiger partial charge in [0.05, 0.1) is 26.0 Å². The maximum absolute atomic E-state index is 13.6. The Labute approximate surface area is 218 Å². The number of nitrogens with one attached hydrogen (secondary N) is 1. The first-order valence-electron chi connectivity index (χ1n) is 12.8. The zero-order valence-electron chi connectivity index (χ0n) is 21.7. The van der Waals surface area contributed by atoms with Gasteiger partial charge in [-0.2, -0.15) is 0 Å². The van der Waals surface area contributed by atoms with Crippen LogP contribution in [0.1, 0.15) is 22.5 Å². The number of amides is 3. The number of carbonyl (C=O) groups excluding carboxylic acids is 2. The smallest absolute Gasteiger partial charge is 0.322 e. The van der Waals surface area contributed by atoms with Gasteiger partial charge in [-0.1, -0.05) is 48.0 Å². The lowest BCUT2D eigenvalue weighted by atomic mass is 10.1. The van der Waals surface area contributed by atoms with Gasteiger partial charge in [-0.3, -0.25) is 9.69 Å². The number of furan rings is 1. The first-order chi connectivity index (χ1) is 18.0. The van der Waals surface area contributed by atoms with Gasteiger partial charge < -0.3 is 24.3 Å². The number of carbonyl (C=O) groups is 2. The number of benzene rings is 2. The van der Waals surface area contributed by atoms with Crippen LogP contribution in [0.15, 0.2) is 71.3 Å². The Hall–Kier alpha value is -3.62. The average Bonchev–Trinajstić information content (AvgIpc) is 3.42. The van der Waals surface area contributed by atoms with Crippen molar-refractivity contribution in [2.45, 2.75) is 26.9 Å². The first-order valence-corrected chi connectivity index (χ1v) is 12.8. The molecule has 1 N–H and O–H groups in total. The molecule has 0 atom stereocenters. The second kappa shape index (κ2) is 13.1. The number of morpholine rings is 1. The fourth-order valence-corrected chi connectivity index (χ4v) is 4.38. The summed E-state index contributed by atoms with van der Waals surface area (Å²) in [4.78, 5) is 32.7. The van der Waals surface area contributed by atoms with Crippen molar-refractivity contribution in [2.24, 2.45) is 0 Å². The molecule has 37 heavy (non-hydrogen) atoms. The van der Waals surface area contributed by atoms with E-state index in [-0.39, 0.29) is 18.5 Å². The standard InChI is InChI=1S/C29H36N4O4/c1-23-10-11-27(24(2)19-23)30-29(35)32(13-12-31-14-17-36-18-15-31)22-28(34)33(21-26-9-6-16-37-26)20-25-7-4-3-5-8-25/h3-11,16,19H,12-15,17-18,20-22H2,1-2H3,(H,30,35). The summed E-state index contributed by atoms with van der Waals surface area (Å²) in [5.41, 5.74) is 3.87. The quantitative estimate of drug-likeness (QED) is 0.446. The van der Waals surface area contributed by atoms with Crippen molar-refractivity contribution in [3.63, 3.8) is 0 Å². The van der Waals surface area contributed by atoms with Gasteiger partial charge in [-0.25, -0.2) is 4.79 Å². The van der Waals surface area contributed by atoms with Gasteiger partial charge in [0, 0.05) is 38.4 Å². The topological polar surface area (TPSA) is 78.3 Å². The molecule has 1 aliphatic heterocycles. The molecule has 1 fully saturated rings. The van der Waals surface area contributed by atoms with Crippen LogP contribution in [0.25, 0.3) is 0 Å². The molecule has 4 rings (SSSR count). The number of anilines is 1. The molecule has 2 heterocycles. The first kappa shape index (κ1) is 26.4. The van der Waals surface area contributed by atoms with Gasteiger partial charge in [0.1, 0.15) is 12.3 Å². The van der Waals surface area contributed by atoms with E-state index in [0.717, 1.165) is 35.5 Å². The van der Waals surface area contributed by atoms with Crippen molar-refractivity contribution < 1.29 is 18.7 Å². The summed E-state index contributed by atoms with van der Waals surface area (Å²) in [6.07, 6.45) is 1.60. The number of rotatable bonds is 10. The van der Waals surface area contributed by atoms with Crippen LogP contribution in [0.3, 0.4) is 0 Å². The van der Waals surface area contributed by atoms with E-state index >= 15 is 0 Å². The molecule has 2 aromatic carbocycles. The summed E-state index contributed by atoms with van der Waals surface area (Å²) in [6, 6.07) is 19.1. The summed E-state index contributed by atoms with van der Waals surface area (Å²) < 4.78 is 11.0. The van der Waals surface area contributed by atoms with Crippen molar-refractivity contribution in [3.8, 4) is 0 Å². The molecule has 1 aromatic heterocycles. The predicted octanol–water partition coefficient (Wildman–Crippen LogP) is 4.29. The molecule has 0 aliphatic carbocycles. The molecule has 0 spiro atoms. The molecule has 1 saturated heterocycles. The highest BCUT2D eigenvalue weighted by atomic mass is 16.5. The lowest BCUT2D eigenvalue weighted by molar-refractivity contribution is -0.133. The van der Waals surface area contributed by atoms with Crippen LogP contribution < -0.4 is 5.32 Å². The van der Waals surface area contributed by atoms with E-state index in [1.807, 2.05) is 74.5 Å². The van der Waals surface area contributed by atoms with E-state index < -0.39 is 0 Å². The van der Waals surface area contributed by atoms with Crippen LogP contribution in [0.4, 0.5) is 10.5 Å². The third-order valence-electron chi connectivity index (χ3n) is 6.52. The van der Waals surface area contributed by atoms with E-state index in [9.17, 15) is 9.59 Å². The Bertz CT molecular complexity index is 1140. The second-order valence-electron chi connectivity index (χ2n) is 9.44. The van der Waals surface area contributed by atoms with Crippen LogP contribution in [-0.4, -0.2) is 72.6 Å². The van der Waals surface area contributed by atoms with Gasteiger partial charge in [-0.05, 0) is 43.2 Å². The molecular weight excluding hydrogens is 468 g/mol. The summed E-state index contributed by atoms with van der Waals surface area (Å²) >= 11 is 0. The van der Waals surface area contributed by atoms with Crippen LogP contribution in [0, 0.1) is 13.8 Å². The fraction of sp³-hybridized carbons (Fsp3) is 0.379. The van der Waals surface area contributed by atoms with Crippen molar-refractivity contribution in [2.75, 3.05) is 51.3 Å². The highest BCUT2D eigenvalue weighted by Gasteiger charge is 2.24. The minimum atomic E-state index is -0.286. The Morgan fingerprint density at radius 1 is 0.946 bits per heavy atom. The maximum atomic E-state index is 13.6.